The number of benzene rings is 2. The van der Waals surface area contributed by atoms with Crippen LogP contribution < -0.4 is 10.6 Å². The van der Waals surface area contributed by atoms with Crippen LogP contribution in [-0.2, 0) is 16.1 Å². The molecule has 3 rings (SSSR count). The largest absolute Gasteiger partial charge is 0.346 e. The van der Waals surface area contributed by atoms with Crippen molar-refractivity contribution in [3.8, 4) is 0 Å². The van der Waals surface area contributed by atoms with Crippen LogP contribution in [-0.4, -0.2) is 21.4 Å². The molecule has 3 aromatic rings. The summed E-state index contributed by atoms with van der Waals surface area (Å²) in [5.74, 6) is -0.563. The summed E-state index contributed by atoms with van der Waals surface area (Å²) < 4.78 is 15.6. The van der Waals surface area contributed by atoms with E-state index in [9.17, 15) is 14.0 Å². The minimum absolute atomic E-state index is 0.0495. The lowest BCUT2D eigenvalue weighted by atomic mass is 10.2. The van der Waals surface area contributed by atoms with Crippen molar-refractivity contribution in [3.05, 3.63) is 60.2 Å². The first kappa shape index (κ1) is 19.5. The first-order chi connectivity index (χ1) is 13.4. The normalized spacial score (nSPS) is 12.2. The van der Waals surface area contributed by atoms with Crippen molar-refractivity contribution < 1.29 is 14.0 Å². The third-order valence-corrected chi connectivity index (χ3v) is 4.40. The zero-order valence-corrected chi connectivity index (χ0v) is 16.1. The Labute approximate surface area is 162 Å². The van der Waals surface area contributed by atoms with Crippen LogP contribution in [0.3, 0.4) is 0 Å². The van der Waals surface area contributed by atoms with Gasteiger partial charge in [-0.2, -0.15) is 0 Å². The molecule has 1 atom stereocenters. The van der Waals surface area contributed by atoms with Gasteiger partial charge in [-0.3, -0.25) is 9.59 Å². The van der Waals surface area contributed by atoms with Gasteiger partial charge in [-0.1, -0.05) is 38.1 Å². The van der Waals surface area contributed by atoms with Crippen LogP contribution in [0.4, 0.5) is 10.1 Å². The Morgan fingerprint density at radius 3 is 2.46 bits per heavy atom. The molecule has 2 aromatic carbocycles. The number of nitrogens with zero attached hydrogens (tertiary/aromatic N) is 2. The Morgan fingerprint density at radius 1 is 1.07 bits per heavy atom. The average molecular weight is 382 g/mol. The second-order valence-corrected chi connectivity index (χ2v) is 6.96. The topological polar surface area (TPSA) is 76.0 Å². The molecule has 0 aliphatic carbocycles. The van der Waals surface area contributed by atoms with Crippen LogP contribution in [0.25, 0.3) is 11.0 Å². The molecule has 0 bridgehead atoms. The number of carbonyl (C=O) groups is 2. The number of anilines is 1. The number of imidazole rings is 1. The maximum Gasteiger partial charge on any atom is 0.244 e. The smallest absolute Gasteiger partial charge is 0.244 e. The van der Waals surface area contributed by atoms with Crippen LogP contribution in [0.2, 0.25) is 0 Å². The number of para-hydroxylation sites is 3. The zero-order valence-electron chi connectivity index (χ0n) is 16.1. The SMILES string of the molecule is CC(C)C(=O)NC(C)c1nc2ccccc2n1CC(=O)Nc1ccccc1F. The van der Waals surface area contributed by atoms with Crippen LogP contribution in [0, 0.1) is 11.7 Å². The fourth-order valence-corrected chi connectivity index (χ4v) is 2.93. The lowest BCUT2D eigenvalue weighted by Crippen LogP contribution is -2.32. The highest BCUT2D eigenvalue weighted by atomic mass is 19.1. The van der Waals surface area contributed by atoms with Gasteiger partial charge in [0, 0.05) is 5.92 Å². The monoisotopic (exact) mass is 382 g/mol. The Morgan fingerprint density at radius 2 is 1.75 bits per heavy atom. The predicted octanol–water partition coefficient (Wildman–Crippen LogP) is 3.65. The molecule has 0 spiro atoms. The predicted molar refractivity (Wildman–Crippen MR) is 106 cm³/mol. The first-order valence-corrected chi connectivity index (χ1v) is 9.16. The number of hydrogen-bond donors (Lipinski definition) is 2. The fraction of sp³-hybridized carbons (Fsp3) is 0.286. The summed E-state index contributed by atoms with van der Waals surface area (Å²) in [5, 5.41) is 5.50. The highest BCUT2D eigenvalue weighted by Gasteiger charge is 2.21. The van der Waals surface area contributed by atoms with E-state index in [-0.39, 0.29) is 36.0 Å². The van der Waals surface area contributed by atoms with Crippen molar-refractivity contribution in [2.24, 2.45) is 5.92 Å². The van der Waals surface area contributed by atoms with Crippen LogP contribution >= 0.6 is 0 Å². The Hall–Kier alpha value is -3.22. The second-order valence-electron chi connectivity index (χ2n) is 6.96. The number of fused-ring (bicyclic) bond motifs is 1. The zero-order chi connectivity index (χ0) is 20.3. The summed E-state index contributed by atoms with van der Waals surface area (Å²) >= 11 is 0. The maximum absolute atomic E-state index is 13.8. The lowest BCUT2D eigenvalue weighted by Gasteiger charge is -2.17. The van der Waals surface area contributed by atoms with Crippen molar-refractivity contribution in [3.63, 3.8) is 0 Å². The quantitative estimate of drug-likeness (QED) is 0.683. The average Bonchev–Trinajstić information content (AvgIpc) is 3.02. The molecule has 0 radical (unpaired) electrons. The van der Waals surface area contributed by atoms with Gasteiger partial charge in [0.1, 0.15) is 18.2 Å². The molecular formula is C21H23FN4O2. The van der Waals surface area contributed by atoms with E-state index in [4.69, 9.17) is 0 Å². The molecule has 6 nitrogen and oxygen atoms in total. The van der Waals surface area contributed by atoms with Crippen LogP contribution in [0.5, 0.6) is 0 Å². The number of amides is 2. The molecule has 0 fully saturated rings. The van der Waals surface area contributed by atoms with Crippen molar-refractivity contribution in [1.82, 2.24) is 14.9 Å². The molecule has 2 amide bonds. The minimum atomic E-state index is -0.496. The van der Waals surface area contributed by atoms with Gasteiger partial charge in [-0.05, 0) is 31.2 Å². The van der Waals surface area contributed by atoms with Gasteiger partial charge in [-0.25, -0.2) is 9.37 Å². The van der Waals surface area contributed by atoms with Gasteiger partial charge in [0.05, 0.1) is 22.8 Å². The standard InChI is InChI=1S/C21H23FN4O2/c1-13(2)21(28)23-14(3)20-25-17-10-6-7-11-18(17)26(20)12-19(27)24-16-9-5-4-8-15(16)22/h4-11,13-14H,12H2,1-3H3,(H,23,28)(H,24,27). The van der Waals surface area contributed by atoms with E-state index in [2.05, 4.69) is 15.6 Å². The van der Waals surface area contributed by atoms with Crippen LogP contribution in [0.1, 0.15) is 32.6 Å². The maximum atomic E-state index is 13.8. The summed E-state index contributed by atoms with van der Waals surface area (Å²) in [6, 6.07) is 13.1. The molecule has 0 aliphatic rings. The Balaban J connectivity index is 1.89. The van der Waals surface area contributed by atoms with Crippen LogP contribution in [0.15, 0.2) is 48.5 Å². The molecule has 146 valence electrons. The number of rotatable bonds is 6. The van der Waals surface area contributed by atoms with E-state index < -0.39 is 5.82 Å². The van der Waals surface area contributed by atoms with Crippen molar-refractivity contribution in [2.75, 3.05) is 5.32 Å². The molecule has 28 heavy (non-hydrogen) atoms. The number of nitrogens with one attached hydrogen (secondary N) is 2. The van der Waals surface area contributed by atoms with Gasteiger partial charge < -0.3 is 15.2 Å². The van der Waals surface area contributed by atoms with Crippen molar-refractivity contribution >= 4 is 28.5 Å². The molecule has 1 unspecified atom stereocenters. The third kappa shape index (κ3) is 4.19. The first-order valence-electron chi connectivity index (χ1n) is 9.16. The van der Waals surface area contributed by atoms with E-state index in [1.54, 1.807) is 16.7 Å². The summed E-state index contributed by atoms with van der Waals surface area (Å²) in [4.78, 5) is 29.2. The number of aromatic nitrogens is 2. The van der Waals surface area contributed by atoms with Crippen molar-refractivity contribution in [1.29, 1.82) is 0 Å². The molecule has 1 aromatic heterocycles. The summed E-state index contributed by atoms with van der Waals surface area (Å²) in [7, 11) is 0. The second kappa shape index (κ2) is 8.21. The fourth-order valence-electron chi connectivity index (χ4n) is 2.93. The highest BCUT2D eigenvalue weighted by Crippen LogP contribution is 2.22. The van der Waals surface area contributed by atoms with E-state index in [0.29, 0.717) is 5.82 Å². The van der Waals surface area contributed by atoms with Gasteiger partial charge in [0.2, 0.25) is 11.8 Å². The van der Waals surface area contributed by atoms with E-state index >= 15 is 0 Å². The van der Waals surface area contributed by atoms with E-state index in [1.165, 1.54) is 12.1 Å². The molecule has 2 N–H and O–H groups in total. The highest BCUT2D eigenvalue weighted by molar-refractivity contribution is 5.92. The third-order valence-electron chi connectivity index (χ3n) is 4.40. The van der Waals surface area contributed by atoms with Crippen molar-refractivity contribution in [2.45, 2.75) is 33.4 Å². The summed E-state index contributed by atoms with van der Waals surface area (Å²) in [6.45, 7) is 5.40. The van der Waals surface area contributed by atoms with E-state index in [0.717, 1.165) is 11.0 Å². The molecule has 0 aliphatic heterocycles. The number of carbonyl (C=O) groups excluding carboxylic acids is 2. The molecule has 1 heterocycles. The summed E-state index contributed by atoms with van der Waals surface area (Å²) in [6.07, 6.45) is 0. The van der Waals surface area contributed by atoms with Gasteiger partial charge >= 0.3 is 0 Å². The summed E-state index contributed by atoms with van der Waals surface area (Å²) in [5.41, 5.74) is 1.62. The minimum Gasteiger partial charge on any atom is -0.346 e. The van der Waals surface area contributed by atoms with E-state index in [1.807, 2.05) is 45.0 Å². The van der Waals surface area contributed by atoms with Gasteiger partial charge in [0.15, 0.2) is 0 Å². The molecule has 7 heteroatoms. The number of hydrogen-bond acceptors (Lipinski definition) is 3. The van der Waals surface area contributed by atoms with Gasteiger partial charge in [-0.15, -0.1) is 0 Å². The Bertz CT molecular complexity index is 1010. The molecule has 0 saturated heterocycles. The number of halogens is 1. The van der Waals surface area contributed by atoms with Gasteiger partial charge in [0.25, 0.3) is 0 Å². The molecular weight excluding hydrogens is 359 g/mol. The molecule has 0 saturated carbocycles. The lowest BCUT2D eigenvalue weighted by molar-refractivity contribution is -0.124. The Kier molecular flexibility index (Phi) is 5.73.